The Hall–Kier alpha value is -1.92. The number of nitro groups is 1. The minimum Gasteiger partial charge on any atom is -0.340 e. The van der Waals surface area contributed by atoms with Crippen LogP contribution in [-0.4, -0.2) is 38.1 Å². The average Bonchev–Trinajstić information content (AvgIpc) is 2.71. The van der Waals surface area contributed by atoms with Crippen molar-refractivity contribution in [2.24, 2.45) is 0 Å². The first kappa shape index (κ1) is 15.5. The lowest BCUT2D eigenvalue weighted by atomic mass is 10.0. The number of aromatic nitrogens is 2. The molecule has 0 spiro atoms. The number of aryl methyl sites for hydroxylation is 2. The molecule has 7 nitrogen and oxygen atoms in total. The molecule has 0 aliphatic carbocycles. The van der Waals surface area contributed by atoms with Crippen molar-refractivity contribution in [2.75, 3.05) is 6.54 Å². The van der Waals surface area contributed by atoms with Gasteiger partial charge in [0.2, 0.25) is 5.91 Å². The lowest BCUT2D eigenvalue weighted by molar-refractivity contribution is -0.386. The molecule has 1 aromatic heterocycles. The van der Waals surface area contributed by atoms with Gasteiger partial charge in [-0.15, -0.1) is 0 Å². The van der Waals surface area contributed by atoms with Crippen molar-refractivity contribution in [3.05, 3.63) is 21.5 Å². The molecule has 1 amide bonds. The molecular formula is C14H22N4O3. The smallest absolute Gasteiger partial charge is 0.312 e. The molecule has 0 N–H and O–H groups in total. The number of amides is 1. The molecule has 116 valence electrons. The van der Waals surface area contributed by atoms with Crippen molar-refractivity contribution >= 4 is 11.6 Å². The molecule has 21 heavy (non-hydrogen) atoms. The van der Waals surface area contributed by atoms with Crippen LogP contribution in [-0.2, 0) is 11.3 Å². The number of rotatable bonds is 4. The van der Waals surface area contributed by atoms with Gasteiger partial charge in [-0.2, -0.15) is 5.10 Å². The second-order valence-electron chi connectivity index (χ2n) is 5.68. The summed E-state index contributed by atoms with van der Waals surface area (Å²) < 4.78 is 1.57. The highest BCUT2D eigenvalue weighted by atomic mass is 16.6. The molecule has 1 saturated heterocycles. The lowest BCUT2D eigenvalue weighted by Gasteiger charge is -2.33. The van der Waals surface area contributed by atoms with Gasteiger partial charge in [0, 0.05) is 19.0 Å². The highest BCUT2D eigenvalue weighted by molar-refractivity contribution is 5.76. The van der Waals surface area contributed by atoms with E-state index < -0.39 is 4.92 Å². The zero-order valence-corrected chi connectivity index (χ0v) is 12.8. The largest absolute Gasteiger partial charge is 0.340 e. The van der Waals surface area contributed by atoms with Gasteiger partial charge in [-0.25, -0.2) is 0 Å². The Labute approximate surface area is 124 Å². The molecular weight excluding hydrogens is 272 g/mol. The van der Waals surface area contributed by atoms with E-state index in [0.717, 1.165) is 19.4 Å². The summed E-state index contributed by atoms with van der Waals surface area (Å²) >= 11 is 0. The number of likely N-dealkylation sites (tertiary alicyclic amines) is 1. The zero-order chi connectivity index (χ0) is 15.6. The molecule has 2 heterocycles. The maximum Gasteiger partial charge on any atom is 0.312 e. The predicted octanol–water partition coefficient (Wildman–Crippen LogP) is 2.20. The fourth-order valence-corrected chi connectivity index (χ4v) is 2.98. The summed E-state index contributed by atoms with van der Waals surface area (Å²) in [5.74, 6) is 0.109. The van der Waals surface area contributed by atoms with Crippen LogP contribution in [0.1, 0.15) is 44.0 Å². The maximum absolute atomic E-state index is 12.3. The number of hydrogen-bond acceptors (Lipinski definition) is 4. The van der Waals surface area contributed by atoms with Crippen LogP contribution >= 0.6 is 0 Å². The van der Waals surface area contributed by atoms with Crippen molar-refractivity contribution in [1.29, 1.82) is 0 Å². The Balaban J connectivity index is 2.01. The monoisotopic (exact) mass is 294 g/mol. The summed E-state index contributed by atoms with van der Waals surface area (Å²) in [6, 6.07) is 0.293. The molecule has 2 rings (SSSR count). The first-order valence-corrected chi connectivity index (χ1v) is 7.39. The van der Waals surface area contributed by atoms with E-state index in [2.05, 4.69) is 12.0 Å². The molecule has 1 atom stereocenters. The quantitative estimate of drug-likeness (QED) is 0.629. The van der Waals surface area contributed by atoms with E-state index in [-0.39, 0.29) is 11.6 Å². The van der Waals surface area contributed by atoms with Crippen LogP contribution in [0.15, 0.2) is 0 Å². The third-order valence-electron chi connectivity index (χ3n) is 4.19. The Kier molecular flexibility index (Phi) is 4.59. The first-order valence-electron chi connectivity index (χ1n) is 7.39. The molecule has 0 aromatic carbocycles. The number of carbonyl (C=O) groups excluding carboxylic acids is 1. The Morgan fingerprint density at radius 2 is 2.14 bits per heavy atom. The van der Waals surface area contributed by atoms with Crippen LogP contribution in [0.25, 0.3) is 0 Å². The molecule has 0 bridgehead atoms. The molecule has 1 aliphatic rings. The first-order chi connectivity index (χ1) is 9.91. The van der Waals surface area contributed by atoms with Gasteiger partial charge in [-0.1, -0.05) is 0 Å². The van der Waals surface area contributed by atoms with Crippen LogP contribution in [0.4, 0.5) is 5.69 Å². The van der Waals surface area contributed by atoms with Crippen molar-refractivity contribution in [2.45, 2.75) is 59.0 Å². The van der Waals surface area contributed by atoms with E-state index in [1.54, 1.807) is 18.5 Å². The molecule has 0 unspecified atom stereocenters. The SMILES string of the molecule is Cc1nn(CCC(=O)N2CCCC[C@H]2C)c(C)c1[N+](=O)[O-]. The molecule has 0 radical (unpaired) electrons. The van der Waals surface area contributed by atoms with Crippen molar-refractivity contribution < 1.29 is 9.72 Å². The molecule has 7 heteroatoms. The number of nitrogens with zero attached hydrogens (tertiary/aromatic N) is 4. The zero-order valence-electron chi connectivity index (χ0n) is 12.8. The van der Waals surface area contributed by atoms with Crippen LogP contribution in [0, 0.1) is 24.0 Å². The topological polar surface area (TPSA) is 81.3 Å². The van der Waals surface area contributed by atoms with Gasteiger partial charge in [0.1, 0.15) is 11.4 Å². The predicted molar refractivity (Wildman–Crippen MR) is 78.0 cm³/mol. The van der Waals surface area contributed by atoms with Crippen LogP contribution in [0.3, 0.4) is 0 Å². The molecule has 1 aliphatic heterocycles. The van der Waals surface area contributed by atoms with E-state index in [1.165, 1.54) is 6.42 Å². The van der Waals surface area contributed by atoms with Crippen molar-refractivity contribution in [3.8, 4) is 0 Å². The van der Waals surface area contributed by atoms with Crippen molar-refractivity contribution in [1.82, 2.24) is 14.7 Å². The highest BCUT2D eigenvalue weighted by Gasteiger charge is 2.25. The fourth-order valence-electron chi connectivity index (χ4n) is 2.98. The summed E-state index contributed by atoms with van der Waals surface area (Å²) in [7, 11) is 0. The number of piperidine rings is 1. The minimum atomic E-state index is -0.414. The summed E-state index contributed by atoms with van der Waals surface area (Å²) in [6.07, 6.45) is 3.62. The Morgan fingerprint density at radius 1 is 1.43 bits per heavy atom. The van der Waals surface area contributed by atoms with Gasteiger partial charge >= 0.3 is 5.69 Å². The summed E-state index contributed by atoms with van der Waals surface area (Å²) in [5.41, 5.74) is 0.960. The van der Waals surface area contributed by atoms with Gasteiger partial charge in [-0.05, 0) is 40.0 Å². The van der Waals surface area contributed by atoms with E-state index in [0.29, 0.717) is 30.4 Å². The molecule has 1 fully saturated rings. The summed E-state index contributed by atoms with van der Waals surface area (Å²) in [6.45, 7) is 6.58. The normalized spacial score (nSPS) is 18.8. The third-order valence-corrected chi connectivity index (χ3v) is 4.19. The van der Waals surface area contributed by atoms with Crippen LogP contribution in [0.5, 0.6) is 0 Å². The lowest BCUT2D eigenvalue weighted by Crippen LogP contribution is -2.42. The summed E-state index contributed by atoms with van der Waals surface area (Å²) in [5, 5.41) is 15.1. The maximum atomic E-state index is 12.3. The van der Waals surface area contributed by atoms with E-state index in [1.807, 2.05) is 4.90 Å². The van der Waals surface area contributed by atoms with E-state index >= 15 is 0 Å². The Morgan fingerprint density at radius 3 is 2.71 bits per heavy atom. The van der Waals surface area contributed by atoms with Crippen LogP contribution in [0.2, 0.25) is 0 Å². The second-order valence-corrected chi connectivity index (χ2v) is 5.68. The standard InChI is InChI=1S/C14H22N4O3/c1-10-6-4-5-8-16(10)13(19)7-9-17-12(3)14(18(20)21)11(2)15-17/h10H,4-9H2,1-3H3/t10-/m1/s1. The van der Waals surface area contributed by atoms with Gasteiger partial charge in [0.15, 0.2) is 0 Å². The molecule has 0 saturated carbocycles. The van der Waals surface area contributed by atoms with Gasteiger partial charge in [-0.3, -0.25) is 19.6 Å². The highest BCUT2D eigenvalue weighted by Crippen LogP contribution is 2.22. The Bertz CT molecular complexity index is 553. The van der Waals surface area contributed by atoms with Gasteiger partial charge < -0.3 is 4.90 Å². The third kappa shape index (κ3) is 3.22. The van der Waals surface area contributed by atoms with Gasteiger partial charge in [0.05, 0.1) is 11.5 Å². The summed E-state index contributed by atoms with van der Waals surface area (Å²) in [4.78, 5) is 24.7. The number of hydrogen-bond donors (Lipinski definition) is 0. The number of carbonyl (C=O) groups is 1. The van der Waals surface area contributed by atoms with Crippen molar-refractivity contribution in [3.63, 3.8) is 0 Å². The minimum absolute atomic E-state index is 0.0498. The second kappa shape index (κ2) is 6.24. The average molecular weight is 294 g/mol. The van der Waals surface area contributed by atoms with Crippen LogP contribution < -0.4 is 0 Å². The van der Waals surface area contributed by atoms with E-state index in [9.17, 15) is 14.9 Å². The van der Waals surface area contributed by atoms with Gasteiger partial charge in [0.25, 0.3) is 0 Å². The fraction of sp³-hybridized carbons (Fsp3) is 0.714. The van der Waals surface area contributed by atoms with E-state index in [4.69, 9.17) is 0 Å². The molecule has 1 aromatic rings.